The number of hydrogen-bond donors (Lipinski definition) is 1. The Morgan fingerprint density at radius 1 is 1.09 bits per heavy atom. The first kappa shape index (κ1) is 16.4. The standard InChI is InChI=1S/C18H20BrN3S/c1-4-18(2,3)13-7-5-12(6-8-13)11-20-17-21-14-9-10-15(19)22-16(14)23-17/h5-10H,4,11H2,1-3H3,(H,20,21). The van der Waals surface area contributed by atoms with Crippen LogP contribution in [0.2, 0.25) is 0 Å². The van der Waals surface area contributed by atoms with Gasteiger partial charge in [-0.05, 0) is 51.0 Å². The highest BCUT2D eigenvalue weighted by molar-refractivity contribution is 9.10. The van der Waals surface area contributed by atoms with Crippen molar-refractivity contribution in [3.63, 3.8) is 0 Å². The van der Waals surface area contributed by atoms with E-state index in [4.69, 9.17) is 0 Å². The monoisotopic (exact) mass is 389 g/mol. The van der Waals surface area contributed by atoms with Crippen molar-refractivity contribution in [2.45, 2.75) is 39.2 Å². The fourth-order valence-corrected chi connectivity index (χ4v) is 3.59. The molecular weight excluding hydrogens is 370 g/mol. The second kappa shape index (κ2) is 6.57. The minimum absolute atomic E-state index is 0.234. The average molecular weight is 390 g/mol. The lowest BCUT2D eigenvalue weighted by molar-refractivity contribution is 0.506. The lowest BCUT2D eigenvalue weighted by Crippen LogP contribution is -2.15. The number of fused-ring (bicyclic) bond motifs is 1. The van der Waals surface area contributed by atoms with Gasteiger partial charge in [0.1, 0.15) is 15.0 Å². The molecule has 0 amide bonds. The minimum Gasteiger partial charge on any atom is -0.357 e. The van der Waals surface area contributed by atoms with Gasteiger partial charge in [-0.2, -0.15) is 0 Å². The fraction of sp³-hybridized carbons (Fsp3) is 0.333. The van der Waals surface area contributed by atoms with Crippen LogP contribution in [0.25, 0.3) is 10.3 Å². The third-order valence-corrected chi connectivity index (χ3v) is 5.65. The van der Waals surface area contributed by atoms with Gasteiger partial charge in [-0.1, -0.05) is 56.4 Å². The predicted octanol–water partition coefficient (Wildman–Crippen LogP) is 5.75. The summed E-state index contributed by atoms with van der Waals surface area (Å²) in [4.78, 5) is 9.94. The molecule has 3 nitrogen and oxygen atoms in total. The molecule has 3 rings (SSSR count). The Hall–Kier alpha value is -1.46. The number of aromatic nitrogens is 2. The molecule has 0 aliphatic rings. The number of anilines is 1. The summed E-state index contributed by atoms with van der Waals surface area (Å²) in [5.41, 5.74) is 3.81. The first-order valence-electron chi connectivity index (χ1n) is 7.74. The molecule has 0 saturated heterocycles. The van der Waals surface area contributed by atoms with E-state index in [0.717, 1.165) is 33.0 Å². The lowest BCUT2D eigenvalue weighted by Gasteiger charge is -2.23. The van der Waals surface area contributed by atoms with Crippen molar-refractivity contribution in [1.82, 2.24) is 9.97 Å². The molecule has 0 bridgehead atoms. The van der Waals surface area contributed by atoms with Crippen LogP contribution in [0.5, 0.6) is 0 Å². The second-order valence-electron chi connectivity index (χ2n) is 6.27. The summed E-state index contributed by atoms with van der Waals surface area (Å²) in [6, 6.07) is 12.8. The highest BCUT2D eigenvalue weighted by Crippen LogP contribution is 2.28. The van der Waals surface area contributed by atoms with Crippen LogP contribution in [0.15, 0.2) is 41.0 Å². The van der Waals surface area contributed by atoms with Gasteiger partial charge in [0.05, 0.1) is 0 Å². The van der Waals surface area contributed by atoms with Gasteiger partial charge in [0.2, 0.25) is 0 Å². The number of nitrogens with one attached hydrogen (secondary N) is 1. The number of rotatable bonds is 5. The molecule has 0 aliphatic carbocycles. The number of halogens is 1. The van der Waals surface area contributed by atoms with Crippen molar-refractivity contribution in [3.8, 4) is 0 Å². The summed E-state index contributed by atoms with van der Waals surface area (Å²) >= 11 is 4.97. The van der Waals surface area contributed by atoms with E-state index < -0.39 is 0 Å². The predicted molar refractivity (Wildman–Crippen MR) is 102 cm³/mol. The third kappa shape index (κ3) is 3.72. The molecular formula is C18H20BrN3S. The molecule has 2 heterocycles. The highest BCUT2D eigenvalue weighted by Gasteiger charge is 2.17. The van der Waals surface area contributed by atoms with Gasteiger partial charge in [-0.3, -0.25) is 0 Å². The molecule has 0 aliphatic heterocycles. The van der Waals surface area contributed by atoms with E-state index in [1.807, 2.05) is 12.1 Å². The quantitative estimate of drug-likeness (QED) is 0.564. The molecule has 0 atom stereocenters. The van der Waals surface area contributed by atoms with Gasteiger partial charge in [0.25, 0.3) is 0 Å². The second-order valence-corrected chi connectivity index (χ2v) is 8.06. The molecule has 0 saturated carbocycles. The van der Waals surface area contributed by atoms with Crippen LogP contribution in [-0.2, 0) is 12.0 Å². The van der Waals surface area contributed by atoms with Crippen LogP contribution < -0.4 is 5.32 Å². The van der Waals surface area contributed by atoms with Crippen molar-refractivity contribution < 1.29 is 0 Å². The molecule has 1 N–H and O–H groups in total. The van der Waals surface area contributed by atoms with E-state index in [-0.39, 0.29) is 5.41 Å². The van der Waals surface area contributed by atoms with Gasteiger partial charge in [0.15, 0.2) is 5.13 Å². The van der Waals surface area contributed by atoms with Crippen molar-refractivity contribution in [3.05, 3.63) is 52.1 Å². The summed E-state index contributed by atoms with van der Waals surface area (Å²) in [5.74, 6) is 0. The highest BCUT2D eigenvalue weighted by atomic mass is 79.9. The fourth-order valence-electron chi connectivity index (χ4n) is 2.33. The van der Waals surface area contributed by atoms with E-state index in [2.05, 4.69) is 76.3 Å². The zero-order valence-electron chi connectivity index (χ0n) is 13.6. The molecule has 120 valence electrons. The molecule has 0 fully saturated rings. The summed E-state index contributed by atoms with van der Waals surface area (Å²) in [7, 11) is 0. The topological polar surface area (TPSA) is 37.8 Å². The van der Waals surface area contributed by atoms with Gasteiger partial charge >= 0.3 is 0 Å². The van der Waals surface area contributed by atoms with Gasteiger partial charge in [0, 0.05) is 6.54 Å². The van der Waals surface area contributed by atoms with Crippen molar-refractivity contribution in [1.29, 1.82) is 0 Å². The van der Waals surface area contributed by atoms with Gasteiger partial charge in [-0.25, -0.2) is 9.97 Å². The van der Waals surface area contributed by atoms with Crippen molar-refractivity contribution in [2.75, 3.05) is 5.32 Å². The number of thiazole rings is 1. The maximum Gasteiger partial charge on any atom is 0.185 e. The number of benzene rings is 1. The Kier molecular flexibility index (Phi) is 4.69. The summed E-state index contributed by atoms with van der Waals surface area (Å²) in [5, 5.41) is 4.30. The van der Waals surface area contributed by atoms with E-state index in [1.54, 1.807) is 11.3 Å². The molecule has 2 aromatic heterocycles. The maximum absolute atomic E-state index is 4.56. The maximum atomic E-state index is 4.56. The van der Waals surface area contributed by atoms with Crippen LogP contribution in [0.4, 0.5) is 5.13 Å². The minimum atomic E-state index is 0.234. The Morgan fingerprint density at radius 3 is 2.52 bits per heavy atom. The molecule has 3 aromatic rings. The number of hydrogen-bond acceptors (Lipinski definition) is 4. The smallest absolute Gasteiger partial charge is 0.185 e. The van der Waals surface area contributed by atoms with E-state index in [0.29, 0.717) is 0 Å². The third-order valence-electron chi connectivity index (χ3n) is 4.28. The van der Waals surface area contributed by atoms with Crippen molar-refractivity contribution in [2.24, 2.45) is 0 Å². The number of nitrogens with zero attached hydrogens (tertiary/aromatic N) is 2. The zero-order valence-corrected chi connectivity index (χ0v) is 16.0. The van der Waals surface area contributed by atoms with Crippen LogP contribution in [0.1, 0.15) is 38.3 Å². The molecule has 23 heavy (non-hydrogen) atoms. The van der Waals surface area contributed by atoms with Crippen LogP contribution in [0, 0.1) is 0 Å². The summed E-state index contributed by atoms with van der Waals surface area (Å²) in [6.07, 6.45) is 1.14. The molecule has 5 heteroatoms. The normalized spacial score (nSPS) is 11.8. The first-order chi connectivity index (χ1) is 11.0. The Balaban J connectivity index is 1.69. The number of pyridine rings is 1. The van der Waals surface area contributed by atoms with E-state index in [9.17, 15) is 0 Å². The molecule has 0 unspecified atom stereocenters. The summed E-state index contributed by atoms with van der Waals surface area (Å²) in [6.45, 7) is 7.57. The van der Waals surface area contributed by atoms with Crippen molar-refractivity contribution >= 4 is 42.7 Å². The molecule has 1 aromatic carbocycles. The lowest BCUT2D eigenvalue weighted by atomic mass is 9.82. The van der Waals surface area contributed by atoms with Gasteiger partial charge in [-0.15, -0.1) is 0 Å². The Labute approximate surface area is 149 Å². The van der Waals surface area contributed by atoms with Gasteiger partial charge < -0.3 is 5.32 Å². The largest absolute Gasteiger partial charge is 0.357 e. The molecule has 0 radical (unpaired) electrons. The first-order valence-corrected chi connectivity index (χ1v) is 9.35. The average Bonchev–Trinajstić information content (AvgIpc) is 2.95. The van der Waals surface area contributed by atoms with Crippen LogP contribution in [-0.4, -0.2) is 9.97 Å². The zero-order chi connectivity index (χ0) is 16.4. The van der Waals surface area contributed by atoms with Crippen LogP contribution in [0.3, 0.4) is 0 Å². The molecule has 0 spiro atoms. The Morgan fingerprint density at radius 2 is 1.83 bits per heavy atom. The van der Waals surface area contributed by atoms with E-state index >= 15 is 0 Å². The van der Waals surface area contributed by atoms with E-state index in [1.165, 1.54) is 11.1 Å². The van der Waals surface area contributed by atoms with Crippen LogP contribution >= 0.6 is 27.3 Å². The summed E-state index contributed by atoms with van der Waals surface area (Å²) < 4.78 is 0.842. The Bertz CT molecular complexity index is 809. The SMILES string of the molecule is CCC(C)(C)c1ccc(CNc2nc3ccc(Br)nc3s2)cc1.